The summed E-state index contributed by atoms with van der Waals surface area (Å²) in [6.07, 6.45) is -2.70. The number of carboxylic acid groups (broad SMARTS) is 1. The van der Waals surface area contributed by atoms with Gasteiger partial charge in [0, 0.05) is 3.57 Å². The number of carbonyl (C=O) groups excluding carboxylic acids is 1. The minimum atomic E-state index is -4.19. The number of alkyl halides is 2. The monoisotopic (exact) mass is 596 g/mol. The van der Waals surface area contributed by atoms with Crippen molar-refractivity contribution in [3.63, 3.8) is 0 Å². The minimum absolute atomic E-state index is 0.0906. The van der Waals surface area contributed by atoms with Gasteiger partial charge in [0.2, 0.25) is 0 Å². The fourth-order valence-corrected chi connectivity index (χ4v) is 4.48. The third kappa shape index (κ3) is 5.62. The van der Waals surface area contributed by atoms with Crippen molar-refractivity contribution < 1.29 is 38.1 Å². The number of aliphatic carboxylic acids is 1. The van der Waals surface area contributed by atoms with Gasteiger partial charge in [-0.25, -0.2) is 9.59 Å². The first-order valence-corrected chi connectivity index (χ1v) is 9.90. The van der Waals surface area contributed by atoms with Crippen molar-refractivity contribution in [1.82, 2.24) is 0 Å². The zero-order valence-electron chi connectivity index (χ0n) is 13.4. The number of halogens is 4. The van der Waals surface area contributed by atoms with Crippen molar-refractivity contribution in [1.29, 1.82) is 0 Å². The molecule has 0 aliphatic heterocycles. The Morgan fingerprint density at radius 1 is 1.19 bits per heavy atom. The molecule has 0 saturated heterocycles. The quantitative estimate of drug-likeness (QED) is 0.381. The van der Waals surface area contributed by atoms with Crippen LogP contribution in [0.4, 0.5) is 8.78 Å². The van der Waals surface area contributed by atoms with Gasteiger partial charge < -0.3 is 19.7 Å². The zero-order valence-corrected chi connectivity index (χ0v) is 17.7. The molecule has 0 aromatic heterocycles. The second-order valence-corrected chi connectivity index (χ2v) is 8.37. The molecule has 1 aliphatic carbocycles. The molecule has 0 atom stereocenters. The maximum absolute atomic E-state index is 12.9. The molecule has 2 rings (SSSR count). The molecule has 0 amide bonds. The molecule has 0 radical (unpaired) electrons. The molecule has 0 heterocycles. The van der Waals surface area contributed by atoms with Gasteiger partial charge in [0.05, 0.1) is 10.2 Å². The van der Waals surface area contributed by atoms with Gasteiger partial charge in [-0.3, -0.25) is 0 Å². The summed E-state index contributed by atoms with van der Waals surface area (Å²) in [6.45, 7) is -0.365. The van der Waals surface area contributed by atoms with Crippen molar-refractivity contribution in [2.75, 3.05) is 6.61 Å². The number of hydrogen-bond donors (Lipinski definition) is 2. The number of phenolic OH excluding ortho intramolecular Hbond substituents is 1. The number of benzene rings is 1. The van der Waals surface area contributed by atoms with Crippen molar-refractivity contribution in [2.45, 2.75) is 37.9 Å². The van der Waals surface area contributed by atoms with E-state index in [2.05, 4.69) is 4.74 Å². The number of phenols is 1. The minimum Gasteiger partial charge on any atom is -0.506 e. The van der Waals surface area contributed by atoms with E-state index in [9.17, 15) is 23.5 Å². The van der Waals surface area contributed by atoms with Crippen LogP contribution in [0.2, 0.25) is 0 Å². The number of esters is 1. The maximum Gasteiger partial charge on any atom is 0.455 e. The first-order chi connectivity index (χ1) is 12.1. The number of carboxylic acids is 1. The van der Waals surface area contributed by atoms with Gasteiger partial charge in [0.1, 0.15) is 17.4 Å². The van der Waals surface area contributed by atoms with Crippen LogP contribution < -0.4 is 0 Å². The topological polar surface area (TPSA) is 93.1 Å². The first kappa shape index (κ1) is 21.5. The highest BCUT2D eigenvalue weighted by molar-refractivity contribution is 14.1. The highest BCUT2D eigenvalue weighted by Crippen LogP contribution is 2.31. The SMILES string of the molecule is O=C(OC1CCC(COC(F)(F)C(=O)O)CC1)c1cc(I)cc(I)c1O. The van der Waals surface area contributed by atoms with Crippen molar-refractivity contribution in [2.24, 2.45) is 5.92 Å². The standard InChI is InChI=1S/C16H16F2I2O6/c17-16(18,15(23)24)25-7-8-1-3-10(4-2-8)26-14(22)11-5-9(19)6-12(20)13(11)21/h5-6,8,10,21H,1-4,7H2,(H,23,24). The summed E-state index contributed by atoms with van der Waals surface area (Å²) >= 11 is 3.96. The summed E-state index contributed by atoms with van der Waals surface area (Å²) in [6, 6.07) is 3.26. The summed E-state index contributed by atoms with van der Waals surface area (Å²) in [4.78, 5) is 22.6. The summed E-state index contributed by atoms with van der Waals surface area (Å²) < 4.78 is 36.8. The lowest BCUT2D eigenvalue weighted by Crippen LogP contribution is -2.35. The molecule has 1 aliphatic rings. The Morgan fingerprint density at radius 3 is 2.38 bits per heavy atom. The zero-order chi connectivity index (χ0) is 19.5. The average molecular weight is 596 g/mol. The molecule has 1 aromatic carbocycles. The summed E-state index contributed by atoms with van der Waals surface area (Å²) in [5.74, 6) is -3.29. The smallest absolute Gasteiger partial charge is 0.455 e. The first-order valence-electron chi connectivity index (χ1n) is 7.74. The van der Waals surface area contributed by atoms with E-state index in [1.165, 1.54) is 6.07 Å². The highest BCUT2D eigenvalue weighted by atomic mass is 127. The Bertz CT molecular complexity index is 690. The number of hydrogen-bond acceptors (Lipinski definition) is 5. The lowest BCUT2D eigenvalue weighted by molar-refractivity contribution is -0.250. The predicted molar refractivity (Wildman–Crippen MR) is 103 cm³/mol. The van der Waals surface area contributed by atoms with Gasteiger partial charge in [-0.2, -0.15) is 8.78 Å². The van der Waals surface area contributed by atoms with E-state index in [0.29, 0.717) is 29.3 Å². The lowest BCUT2D eigenvalue weighted by atomic mass is 9.88. The van der Waals surface area contributed by atoms with Gasteiger partial charge in [0.25, 0.3) is 0 Å². The third-order valence-corrected chi connectivity index (χ3v) is 5.51. The second-order valence-electron chi connectivity index (χ2n) is 5.96. The van der Waals surface area contributed by atoms with Crippen LogP contribution in [0.3, 0.4) is 0 Å². The molecular formula is C16H16F2I2O6. The summed E-state index contributed by atoms with van der Waals surface area (Å²) in [5.41, 5.74) is 0.0906. The molecule has 0 unspecified atom stereocenters. The van der Waals surface area contributed by atoms with Crippen molar-refractivity contribution >= 4 is 57.1 Å². The molecule has 6 nitrogen and oxygen atoms in total. The van der Waals surface area contributed by atoms with Crippen molar-refractivity contribution in [3.05, 3.63) is 24.8 Å². The molecule has 2 N–H and O–H groups in total. The molecule has 1 aromatic rings. The molecule has 1 saturated carbocycles. The Kier molecular flexibility index (Phi) is 7.42. The van der Waals surface area contributed by atoms with Gasteiger partial charge >= 0.3 is 18.0 Å². The van der Waals surface area contributed by atoms with Gasteiger partial charge in [-0.05, 0) is 88.9 Å². The number of carbonyl (C=O) groups is 2. The third-order valence-electron chi connectivity index (χ3n) is 4.06. The molecule has 1 fully saturated rings. The van der Waals surface area contributed by atoms with E-state index in [-0.39, 0.29) is 29.9 Å². The largest absolute Gasteiger partial charge is 0.506 e. The van der Waals surface area contributed by atoms with Crippen LogP contribution in [-0.2, 0) is 14.3 Å². The van der Waals surface area contributed by atoms with E-state index in [1.54, 1.807) is 6.07 Å². The van der Waals surface area contributed by atoms with Crippen molar-refractivity contribution in [3.8, 4) is 5.75 Å². The molecular weight excluding hydrogens is 580 g/mol. The molecule has 0 bridgehead atoms. The summed E-state index contributed by atoms with van der Waals surface area (Å²) in [7, 11) is 0. The van der Waals surface area contributed by atoms with E-state index < -0.39 is 18.0 Å². The van der Waals surface area contributed by atoms with E-state index >= 15 is 0 Å². The Morgan fingerprint density at radius 2 is 1.81 bits per heavy atom. The maximum atomic E-state index is 12.9. The van der Waals surface area contributed by atoms with Crippen LogP contribution in [0.1, 0.15) is 36.0 Å². The summed E-state index contributed by atoms with van der Waals surface area (Å²) in [5, 5.41) is 18.3. The van der Waals surface area contributed by atoms with E-state index in [4.69, 9.17) is 9.84 Å². The molecule has 10 heteroatoms. The van der Waals surface area contributed by atoms with Gasteiger partial charge in [-0.1, -0.05) is 0 Å². The Labute approximate surface area is 175 Å². The molecule has 0 spiro atoms. The molecule has 26 heavy (non-hydrogen) atoms. The fraction of sp³-hybridized carbons (Fsp3) is 0.500. The average Bonchev–Trinajstić information content (AvgIpc) is 2.57. The Balaban J connectivity index is 1.85. The van der Waals surface area contributed by atoms with Crippen LogP contribution in [0.25, 0.3) is 0 Å². The van der Waals surface area contributed by atoms with Crippen LogP contribution in [0, 0.1) is 13.1 Å². The molecule has 144 valence electrons. The predicted octanol–water partition coefficient (Wildman–Crippen LogP) is 4.01. The van der Waals surface area contributed by atoms with Gasteiger partial charge in [-0.15, -0.1) is 0 Å². The lowest BCUT2D eigenvalue weighted by Gasteiger charge is -2.28. The van der Waals surface area contributed by atoms with Gasteiger partial charge in [0.15, 0.2) is 0 Å². The highest BCUT2D eigenvalue weighted by Gasteiger charge is 2.41. The number of rotatable bonds is 6. The van der Waals surface area contributed by atoms with Crippen LogP contribution in [-0.4, -0.2) is 41.0 Å². The fourth-order valence-electron chi connectivity index (χ4n) is 2.64. The van der Waals surface area contributed by atoms with Crippen LogP contribution in [0.15, 0.2) is 12.1 Å². The number of ether oxygens (including phenoxy) is 2. The van der Waals surface area contributed by atoms with E-state index in [1.807, 2.05) is 45.2 Å². The van der Waals surface area contributed by atoms with Crippen LogP contribution in [0.5, 0.6) is 5.75 Å². The number of aromatic hydroxyl groups is 1. The Hall–Kier alpha value is -0.760. The second kappa shape index (κ2) is 8.95. The van der Waals surface area contributed by atoms with Crippen LogP contribution >= 0.6 is 45.2 Å². The normalized spacial score (nSPS) is 20.6. The van der Waals surface area contributed by atoms with E-state index in [0.717, 1.165) is 3.57 Å².